The predicted molar refractivity (Wildman–Crippen MR) is 73.9 cm³/mol. The first-order valence-corrected chi connectivity index (χ1v) is 7.55. The van der Waals surface area contributed by atoms with Crippen LogP contribution in [0, 0.1) is 10.7 Å². The molecule has 0 bridgehead atoms. The third kappa shape index (κ3) is 3.63. The molecule has 1 aliphatic carbocycles. The summed E-state index contributed by atoms with van der Waals surface area (Å²) in [5, 5.41) is 3.33. The highest BCUT2D eigenvalue weighted by molar-refractivity contribution is 7.73. The van der Waals surface area contributed by atoms with E-state index in [1.54, 1.807) is 12.1 Å². The lowest BCUT2D eigenvalue weighted by Gasteiger charge is -2.15. The summed E-state index contributed by atoms with van der Waals surface area (Å²) in [5.74, 6) is 1.28. The fraction of sp³-hybridized carbons (Fsp3) is 0.538. The van der Waals surface area contributed by atoms with Crippen molar-refractivity contribution < 1.29 is 8.95 Å². The highest BCUT2D eigenvalue weighted by Crippen LogP contribution is 2.33. The largest absolute Gasteiger partial charge is 0.488 e. The molecule has 100 valence electrons. The Morgan fingerprint density at radius 2 is 2.22 bits per heavy atom. The standard InChI is InChI=1S/C13H20N2O2S/c1-9(2)8-15-12-6-5-11(18(14)16)7-13(12)17-10-3-4-10/h5-7,9-10,14-15,18H,3-4,8H2,1-2H3. The van der Waals surface area contributed by atoms with Crippen LogP contribution in [-0.2, 0) is 10.6 Å². The third-order valence-corrected chi connectivity index (χ3v) is 3.47. The Morgan fingerprint density at radius 1 is 1.50 bits per heavy atom. The van der Waals surface area contributed by atoms with Crippen LogP contribution < -0.4 is 10.1 Å². The van der Waals surface area contributed by atoms with Crippen molar-refractivity contribution in [2.75, 3.05) is 11.9 Å². The van der Waals surface area contributed by atoms with Crippen molar-refractivity contribution in [3.05, 3.63) is 18.2 Å². The number of anilines is 1. The molecule has 1 aliphatic rings. The molecule has 4 nitrogen and oxygen atoms in total. The molecule has 0 radical (unpaired) electrons. The highest BCUT2D eigenvalue weighted by Gasteiger charge is 2.24. The van der Waals surface area contributed by atoms with E-state index in [9.17, 15) is 4.21 Å². The van der Waals surface area contributed by atoms with Gasteiger partial charge in [0.15, 0.2) is 0 Å². The van der Waals surface area contributed by atoms with E-state index in [0.717, 1.165) is 30.8 Å². The second-order valence-electron chi connectivity index (χ2n) is 5.07. The number of nitrogens with one attached hydrogen (secondary N) is 2. The number of thiol groups is 1. The Bertz CT molecular complexity index is 486. The lowest BCUT2D eigenvalue weighted by Crippen LogP contribution is -2.10. The quantitative estimate of drug-likeness (QED) is 0.695. The Hall–Kier alpha value is -1.23. The summed E-state index contributed by atoms with van der Waals surface area (Å²) in [6.07, 6.45) is 2.46. The molecule has 0 saturated heterocycles. The van der Waals surface area contributed by atoms with Gasteiger partial charge in [0.25, 0.3) is 0 Å². The molecule has 0 spiro atoms. The molecule has 1 fully saturated rings. The number of rotatable bonds is 6. The minimum Gasteiger partial charge on any atom is -0.488 e. The maximum atomic E-state index is 11.2. The summed E-state index contributed by atoms with van der Waals surface area (Å²) in [4.78, 5) is 0.524. The smallest absolute Gasteiger partial charge is 0.144 e. The maximum Gasteiger partial charge on any atom is 0.144 e. The lowest BCUT2D eigenvalue weighted by molar-refractivity contribution is 0.304. The second kappa shape index (κ2) is 5.61. The predicted octanol–water partition coefficient (Wildman–Crippen LogP) is 2.90. The highest BCUT2D eigenvalue weighted by atomic mass is 32.2. The third-order valence-electron chi connectivity index (χ3n) is 2.72. The molecule has 1 saturated carbocycles. The zero-order valence-electron chi connectivity index (χ0n) is 10.8. The molecule has 18 heavy (non-hydrogen) atoms. The van der Waals surface area contributed by atoms with E-state index in [4.69, 9.17) is 9.52 Å². The zero-order chi connectivity index (χ0) is 13.1. The molecular formula is C13H20N2O2S. The Kier molecular flexibility index (Phi) is 4.11. The number of benzene rings is 1. The molecule has 0 aliphatic heterocycles. The number of hydrogen-bond donors (Lipinski definition) is 3. The second-order valence-corrected chi connectivity index (χ2v) is 6.17. The molecule has 1 aromatic rings. The van der Waals surface area contributed by atoms with Crippen LogP contribution in [0.25, 0.3) is 0 Å². The van der Waals surface area contributed by atoms with E-state index >= 15 is 0 Å². The van der Waals surface area contributed by atoms with Crippen LogP contribution in [-0.4, -0.2) is 16.9 Å². The summed E-state index contributed by atoms with van der Waals surface area (Å²) in [6, 6.07) is 5.32. The van der Waals surface area contributed by atoms with E-state index in [1.807, 2.05) is 6.07 Å². The van der Waals surface area contributed by atoms with Gasteiger partial charge < -0.3 is 10.1 Å². The van der Waals surface area contributed by atoms with Crippen LogP contribution in [0.5, 0.6) is 5.75 Å². The van der Waals surface area contributed by atoms with E-state index in [-0.39, 0.29) is 0 Å². The zero-order valence-corrected chi connectivity index (χ0v) is 11.7. The normalized spacial score (nSPS) is 16.6. The number of hydrogen-bond acceptors (Lipinski definition) is 4. The average molecular weight is 268 g/mol. The van der Waals surface area contributed by atoms with Gasteiger partial charge in [-0.25, -0.2) is 4.21 Å². The van der Waals surface area contributed by atoms with Crippen molar-refractivity contribution in [1.29, 1.82) is 4.78 Å². The molecule has 0 heterocycles. The topological polar surface area (TPSA) is 62.2 Å². The Labute approximate surface area is 110 Å². The summed E-state index contributed by atoms with van der Waals surface area (Å²) in [6.45, 7) is 5.15. The molecule has 0 aromatic heterocycles. The summed E-state index contributed by atoms with van der Waals surface area (Å²) >= 11 is 0. The van der Waals surface area contributed by atoms with Crippen LogP contribution in [0.1, 0.15) is 26.7 Å². The van der Waals surface area contributed by atoms with E-state index in [1.165, 1.54) is 0 Å². The van der Waals surface area contributed by atoms with Crippen LogP contribution >= 0.6 is 0 Å². The van der Waals surface area contributed by atoms with Gasteiger partial charge in [-0.15, -0.1) is 0 Å². The Morgan fingerprint density at radius 3 is 2.78 bits per heavy atom. The average Bonchev–Trinajstić information content (AvgIpc) is 3.11. The van der Waals surface area contributed by atoms with Gasteiger partial charge in [-0.2, -0.15) is 0 Å². The van der Waals surface area contributed by atoms with E-state index in [2.05, 4.69) is 19.2 Å². The fourth-order valence-corrected chi connectivity index (χ4v) is 2.00. The molecule has 1 unspecified atom stereocenters. The summed E-state index contributed by atoms with van der Waals surface area (Å²) in [5.41, 5.74) is 0.927. The maximum absolute atomic E-state index is 11.2. The first-order chi connectivity index (χ1) is 8.56. The Balaban J connectivity index is 2.19. The summed E-state index contributed by atoms with van der Waals surface area (Å²) in [7, 11) is -2.06. The van der Waals surface area contributed by atoms with Gasteiger partial charge in [0.05, 0.1) is 22.4 Å². The molecular weight excluding hydrogens is 248 g/mol. The van der Waals surface area contributed by atoms with E-state index < -0.39 is 10.6 Å². The summed E-state index contributed by atoms with van der Waals surface area (Å²) < 4.78 is 24.3. The molecule has 1 atom stereocenters. The first kappa shape index (κ1) is 13.2. The fourth-order valence-electron chi connectivity index (χ4n) is 1.56. The van der Waals surface area contributed by atoms with Crippen molar-refractivity contribution in [1.82, 2.24) is 0 Å². The first-order valence-electron chi connectivity index (χ1n) is 6.29. The minimum absolute atomic E-state index is 0.295. The molecule has 2 rings (SSSR count). The monoisotopic (exact) mass is 268 g/mol. The van der Waals surface area contributed by atoms with Crippen molar-refractivity contribution >= 4 is 16.3 Å². The van der Waals surface area contributed by atoms with Crippen LogP contribution in [0.3, 0.4) is 0 Å². The van der Waals surface area contributed by atoms with Crippen LogP contribution in [0.15, 0.2) is 23.1 Å². The molecule has 2 N–H and O–H groups in total. The van der Waals surface area contributed by atoms with Gasteiger partial charge in [0.1, 0.15) is 5.75 Å². The van der Waals surface area contributed by atoms with Gasteiger partial charge in [0, 0.05) is 11.4 Å². The van der Waals surface area contributed by atoms with E-state index in [0.29, 0.717) is 16.9 Å². The van der Waals surface area contributed by atoms with Gasteiger partial charge in [-0.1, -0.05) is 13.8 Å². The number of ether oxygens (including phenoxy) is 1. The lowest BCUT2D eigenvalue weighted by atomic mass is 10.2. The van der Waals surface area contributed by atoms with Gasteiger partial charge in [-0.05, 0) is 37.0 Å². The van der Waals surface area contributed by atoms with Gasteiger partial charge in [-0.3, -0.25) is 4.78 Å². The van der Waals surface area contributed by atoms with Gasteiger partial charge >= 0.3 is 0 Å². The SMILES string of the molecule is CC(C)CNc1ccc([SH](=N)=O)cc1OC1CC1. The van der Waals surface area contributed by atoms with Crippen LogP contribution in [0.2, 0.25) is 0 Å². The van der Waals surface area contributed by atoms with Crippen molar-refractivity contribution in [3.8, 4) is 5.75 Å². The molecule has 1 aromatic carbocycles. The van der Waals surface area contributed by atoms with Crippen molar-refractivity contribution in [2.45, 2.75) is 37.7 Å². The molecule has 0 amide bonds. The van der Waals surface area contributed by atoms with Crippen LogP contribution in [0.4, 0.5) is 5.69 Å². The van der Waals surface area contributed by atoms with Crippen molar-refractivity contribution in [2.24, 2.45) is 5.92 Å². The minimum atomic E-state index is -2.06. The van der Waals surface area contributed by atoms with Gasteiger partial charge in [0.2, 0.25) is 0 Å². The molecule has 5 heteroatoms. The van der Waals surface area contributed by atoms with Crippen molar-refractivity contribution in [3.63, 3.8) is 0 Å².